The first-order valence-electron chi connectivity index (χ1n) is 11.3. The predicted molar refractivity (Wildman–Crippen MR) is 118 cm³/mol. The van der Waals surface area contributed by atoms with Crippen LogP contribution in [0.3, 0.4) is 0 Å². The zero-order valence-corrected chi connectivity index (χ0v) is 17.8. The van der Waals surface area contributed by atoms with Gasteiger partial charge in [-0.3, -0.25) is 4.90 Å². The van der Waals surface area contributed by atoms with Crippen molar-refractivity contribution in [3.05, 3.63) is 48.3 Å². The molecule has 1 aliphatic carbocycles. The molecule has 3 rings (SSSR count). The van der Waals surface area contributed by atoms with E-state index in [9.17, 15) is 0 Å². The molecule has 0 radical (unpaired) electrons. The molecule has 1 saturated carbocycles. The third-order valence-corrected chi connectivity index (χ3v) is 6.35. The second-order valence-corrected chi connectivity index (χ2v) is 8.61. The first-order chi connectivity index (χ1) is 13.7. The van der Waals surface area contributed by atoms with Gasteiger partial charge in [-0.05, 0) is 43.0 Å². The number of hydrogen-bond acceptors (Lipinski definition) is 3. The molecule has 1 aliphatic rings. The van der Waals surface area contributed by atoms with Crippen LogP contribution in [0.2, 0.25) is 0 Å². The maximum atomic E-state index is 4.33. The maximum absolute atomic E-state index is 4.33. The van der Waals surface area contributed by atoms with Gasteiger partial charge in [-0.15, -0.1) is 0 Å². The Morgan fingerprint density at radius 1 is 0.929 bits per heavy atom. The van der Waals surface area contributed by atoms with E-state index in [4.69, 9.17) is 0 Å². The lowest BCUT2D eigenvalue weighted by molar-refractivity contribution is 0.257. The second kappa shape index (κ2) is 11.3. The third-order valence-electron chi connectivity index (χ3n) is 6.35. The Bertz CT molecular complexity index is 660. The van der Waals surface area contributed by atoms with Crippen molar-refractivity contribution in [2.45, 2.75) is 71.8 Å². The Balaban J connectivity index is 1.36. The Labute approximate surface area is 171 Å². The molecule has 0 aliphatic heterocycles. The van der Waals surface area contributed by atoms with E-state index in [-0.39, 0.29) is 0 Å². The SMILES string of the molecule is CCN(CCCCCC1CCC(C)CC1)Cc1ccc(-c2ncccn2)cc1. The smallest absolute Gasteiger partial charge is 0.159 e. The van der Waals surface area contributed by atoms with Crippen LogP contribution in [0, 0.1) is 11.8 Å². The van der Waals surface area contributed by atoms with Crippen molar-refractivity contribution < 1.29 is 0 Å². The minimum absolute atomic E-state index is 0.800. The first kappa shape index (κ1) is 21.0. The molecule has 1 heterocycles. The summed E-state index contributed by atoms with van der Waals surface area (Å²) in [6.07, 6.45) is 15.1. The van der Waals surface area contributed by atoms with Crippen LogP contribution >= 0.6 is 0 Å². The van der Waals surface area contributed by atoms with Crippen molar-refractivity contribution in [2.24, 2.45) is 11.8 Å². The molecule has 3 nitrogen and oxygen atoms in total. The van der Waals surface area contributed by atoms with Crippen LogP contribution in [0.4, 0.5) is 0 Å². The number of nitrogens with zero attached hydrogens (tertiary/aromatic N) is 3. The van der Waals surface area contributed by atoms with Crippen molar-refractivity contribution in [1.82, 2.24) is 14.9 Å². The van der Waals surface area contributed by atoms with Crippen LogP contribution in [0.5, 0.6) is 0 Å². The zero-order chi connectivity index (χ0) is 19.6. The fourth-order valence-electron chi connectivity index (χ4n) is 4.38. The summed E-state index contributed by atoms with van der Waals surface area (Å²) in [5.41, 5.74) is 2.46. The van der Waals surface area contributed by atoms with Gasteiger partial charge in [-0.25, -0.2) is 9.97 Å². The van der Waals surface area contributed by atoms with Gasteiger partial charge >= 0.3 is 0 Å². The van der Waals surface area contributed by atoms with Crippen molar-refractivity contribution in [3.8, 4) is 11.4 Å². The number of benzene rings is 1. The standard InChI is InChI=1S/C25H37N3/c1-3-28(19-6-4-5-8-22-11-9-21(2)10-12-22)20-23-13-15-24(16-14-23)25-26-17-7-18-27-25/h7,13-18,21-22H,3-6,8-12,19-20H2,1-2H3. The molecule has 1 aromatic heterocycles. The second-order valence-electron chi connectivity index (χ2n) is 8.61. The quantitative estimate of drug-likeness (QED) is 0.450. The van der Waals surface area contributed by atoms with E-state index in [1.807, 2.05) is 6.07 Å². The van der Waals surface area contributed by atoms with Crippen molar-refractivity contribution >= 4 is 0 Å². The van der Waals surface area contributed by atoms with Crippen LogP contribution < -0.4 is 0 Å². The molecule has 0 bridgehead atoms. The van der Waals surface area contributed by atoms with Gasteiger partial charge in [-0.2, -0.15) is 0 Å². The molecule has 1 fully saturated rings. The van der Waals surface area contributed by atoms with E-state index >= 15 is 0 Å². The number of hydrogen-bond donors (Lipinski definition) is 0. The van der Waals surface area contributed by atoms with Gasteiger partial charge in [0.05, 0.1) is 0 Å². The Morgan fingerprint density at radius 2 is 1.64 bits per heavy atom. The lowest BCUT2D eigenvalue weighted by atomic mass is 9.80. The van der Waals surface area contributed by atoms with E-state index in [1.165, 1.54) is 63.5 Å². The summed E-state index contributed by atoms with van der Waals surface area (Å²) in [4.78, 5) is 11.2. The molecule has 0 spiro atoms. The van der Waals surface area contributed by atoms with Crippen LogP contribution in [-0.2, 0) is 6.54 Å². The number of unbranched alkanes of at least 4 members (excludes halogenated alkanes) is 2. The van der Waals surface area contributed by atoms with E-state index in [0.717, 1.165) is 36.3 Å². The van der Waals surface area contributed by atoms with Crippen molar-refractivity contribution in [2.75, 3.05) is 13.1 Å². The fourth-order valence-corrected chi connectivity index (χ4v) is 4.38. The van der Waals surface area contributed by atoms with Gasteiger partial charge in [0.1, 0.15) is 0 Å². The topological polar surface area (TPSA) is 29.0 Å². The average molecular weight is 380 g/mol. The molecule has 2 aromatic rings. The summed E-state index contributed by atoms with van der Waals surface area (Å²) in [6, 6.07) is 10.6. The molecular weight excluding hydrogens is 342 g/mol. The van der Waals surface area contributed by atoms with Crippen LogP contribution in [-0.4, -0.2) is 28.0 Å². The lowest BCUT2D eigenvalue weighted by Gasteiger charge is -2.26. The molecule has 0 unspecified atom stereocenters. The van der Waals surface area contributed by atoms with Crippen molar-refractivity contribution in [3.63, 3.8) is 0 Å². The van der Waals surface area contributed by atoms with Gasteiger partial charge in [0, 0.05) is 24.5 Å². The molecular formula is C25H37N3. The summed E-state index contributed by atoms with van der Waals surface area (Å²) in [6.45, 7) is 8.05. The lowest BCUT2D eigenvalue weighted by Crippen LogP contribution is -2.24. The summed E-state index contributed by atoms with van der Waals surface area (Å²) in [5, 5.41) is 0. The summed E-state index contributed by atoms with van der Waals surface area (Å²) in [5.74, 6) is 2.79. The average Bonchev–Trinajstić information content (AvgIpc) is 2.75. The maximum Gasteiger partial charge on any atom is 0.159 e. The first-order valence-corrected chi connectivity index (χ1v) is 11.3. The number of aromatic nitrogens is 2. The molecule has 152 valence electrons. The van der Waals surface area contributed by atoms with E-state index < -0.39 is 0 Å². The highest BCUT2D eigenvalue weighted by Crippen LogP contribution is 2.31. The zero-order valence-electron chi connectivity index (χ0n) is 17.8. The van der Waals surface area contributed by atoms with E-state index in [1.54, 1.807) is 12.4 Å². The van der Waals surface area contributed by atoms with Crippen LogP contribution in [0.1, 0.15) is 70.8 Å². The van der Waals surface area contributed by atoms with Gasteiger partial charge in [-0.1, -0.05) is 83.1 Å². The van der Waals surface area contributed by atoms with E-state index in [0.29, 0.717) is 0 Å². The molecule has 0 saturated heterocycles. The molecule has 3 heteroatoms. The molecule has 28 heavy (non-hydrogen) atoms. The summed E-state index contributed by atoms with van der Waals surface area (Å²) >= 11 is 0. The van der Waals surface area contributed by atoms with Crippen molar-refractivity contribution in [1.29, 1.82) is 0 Å². The predicted octanol–water partition coefficient (Wildman–Crippen LogP) is 6.35. The highest BCUT2D eigenvalue weighted by atomic mass is 15.1. The largest absolute Gasteiger partial charge is 0.299 e. The van der Waals surface area contributed by atoms with Gasteiger partial charge < -0.3 is 0 Å². The Kier molecular flexibility index (Phi) is 8.47. The Hall–Kier alpha value is -1.74. The third kappa shape index (κ3) is 6.70. The number of rotatable bonds is 10. The normalized spacial score (nSPS) is 19.8. The van der Waals surface area contributed by atoms with E-state index in [2.05, 4.69) is 53.0 Å². The fraction of sp³-hybridized carbons (Fsp3) is 0.600. The molecule has 0 atom stereocenters. The molecule has 1 aromatic carbocycles. The highest BCUT2D eigenvalue weighted by molar-refractivity contribution is 5.54. The molecule has 0 amide bonds. The highest BCUT2D eigenvalue weighted by Gasteiger charge is 2.17. The van der Waals surface area contributed by atoms with Crippen LogP contribution in [0.25, 0.3) is 11.4 Å². The van der Waals surface area contributed by atoms with Gasteiger partial charge in [0.15, 0.2) is 5.82 Å². The summed E-state index contributed by atoms with van der Waals surface area (Å²) in [7, 11) is 0. The minimum Gasteiger partial charge on any atom is -0.299 e. The van der Waals surface area contributed by atoms with Gasteiger partial charge in [0.2, 0.25) is 0 Å². The summed E-state index contributed by atoms with van der Waals surface area (Å²) < 4.78 is 0. The minimum atomic E-state index is 0.800. The van der Waals surface area contributed by atoms with Crippen LogP contribution in [0.15, 0.2) is 42.7 Å². The molecule has 0 N–H and O–H groups in total. The van der Waals surface area contributed by atoms with Gasteiger partial charge in [0.25, 0.3) is 0 Å². The monoisotopic (exact) mass is 379 g/mol. The Morgan fingerprint density at radius 3 is 2.32 bits per heavy atom.